The van der Waals surface area contributed by atoms with Crippen molar-refractivity contribution in [3.8, 4) is 0 Å². The first-order valence-corrected chi connectivity index (χ1v) is 6.34. The van der Waals surface area contributed by atoms with Crippen LogP contribution < -0.4 is 5.32 Å². The maximum Gasteiger partial charge on any atom is 0.416 e. The van der Waals surface area contributed by atoms with Crippen molar-refractivity contribution >= 4 is 17.5 Å². The monoisotopic (exact) mass is 309 g/mol. The zero-order valence-electron chi connectivity index (χ0n) is 10.8. The highest BCUT2D eigenvalue weighted by Gasteiger charge is 2.38. The fraction of sp³-hybridized carbons (Fsp3) is 0.462. The second-order valence-corrected chi connectivity index (χ2v) is 4.85. The Morgan fingerprint density at radius 1 is 1.45 bits per heavy atom. The minimum absolute atomic E-state index is 0.0317. The number of nitrogens with one attached hydrogen (secondary N) is 1. The molecule has 1 atom stereocenters. The first-order valence-electron chi connectivity index (χ1n) is 5.96. The summed E-state index contributed by atoms with van der Waals surface area (Å²) >= 11 is 5.92. The molecule has 1 aromatic carbocycles. The molecule has 7 heteroatoms. The van der Waals surface area contributed by atoms with Crippen LogP contribution >= 0.6 is 11.6 Å². The van der Waals surface area contributed by atoms with Crippen molar-refractivity contribution in [2.75, 3.05) is 6.54 Å². The van der Waals surface area contributed by atoms with Crippen molar-refractivity contribution in [3.63, 3.8) is 0 Å². The van der Waals surface area contributed by atoms with Gasteiger partial charge < -0.3 is 10.4 Å². The molecule has 1 unspecified atom stereocenters. The van der Waals surface area contributed by atoms with Crippen molar-refractivity contribution in [2.24, 2.45) is 0 Å². The van der Waals surface area contributed by atoms with E-state index in [4.69, 9.17) is 16.7 Å². The van der Waals surface area contributed by atoms with Crippen LogP contribution in [0.2, 0.25) is 5.02 Å². The van der Waals surface area contributed by atoms with Gasteiger partial charge >= 0.3 is 6.18 Å². The molecule has 0 spiro atoms. The number of alkyl halides is 3. The van der Waals surface area contributed by atoms with E-state index in [9.17, 15) is 18.0 Å². The SMILES string of the molecule is Cc1ccc(CCC(=O)NCC(O)C(F)(F)F)cc1Cl. The zero-order chi connectivity index (χ0) is 15.3. The average molecular weight is 310 g/mol. The summed E-state index contributed by atoms with van der Waals surface area (Å²) in [6.07, 6.45) is -6.87. The highest BCUT2D eigenvalue weighted by atomic mass is 35.5. The van der Waals surface area contributed by atoms with Gasteiger partial charge in [0, 0.05) is 11.4 Å². The Balaban J connectivity index is 2.38. The molecule has 0 aliphatic carbocycles. The molecule has 112 valence electrons. The van der Waals surface area contributed by atoms with Crippen LogP contribution in [0.5, 0.6) is 0 Å². The third kappa shape index (κ3) is 5.38. The summed E-state index contributed by atoms with van der Waals surface area (Å²) in [6.45, 7) is 1.01. The van der Waals surface area contributed by atoms with E-state index in [2.05, 4.69) is 0 Å². The van der Waals surface area contributed by atoms with Gasteiger partial charge in [-0.2, -0.15) is 13.2 Å². The van der Waals surface area contributed by atoms with Crippen LogP contribution in [0, 0.1) is 6.92 Å². The van der Waals surface area contributed by atoms with Crippen molar-refractivity contribution in [2.45, 2.75) is 32.0 Å². The standard InChI is InChI=1S/C13H15ClF3NO2/c1-8-2-3-9(6-10(8)14)4-5-12(20)18-7-11(19)13(15,16)17/h2-3,6,11,19H,4-5,7H2,1H3,(H,18,20). The predicted molar refractivity (Wildman–Crippen MR) is 69.6 cm³/mol. The Hall–Kier alpha value is -1.27. The second kappa shape index (κ2) is 6.95. The molecular formula is C13H15ClF3NO2. The van der Waals surface area contributed by atoms with Crippen LogP contribution in [-0.4, -0.2) is 29.8 Å². The Morgan fingerprint density at radius 2 is 2.10 bits per heavy atom. The van der Waals surface area contributed by atoms with Crippen molar-refractivity contribution in [1.82, 2.24) is 5.32 Å². The van der Waals surface area contributed by atoms with E-state index in [1.54, 1.807) is 12.1 Å². The molecule has 0 bridgehead atoms. The van der Waals surface area contributed by atoms with Crippen molar-refractivity contribution in [3.05, 3.63) is 34.3 Å². The second-order valence-electron chi connectivity index (χ2n) is 4.45. The molecule has 1 rings (SSSR count). The largest absolute Gasteiger partial charge is 0.416 e. The molecule has 0 aromatic heterocycles. The number of carbonyl (C=O) groups excluding carboxylic acids is 1. The van der Waals surface area contributed by atoms with Crippen LogP contribution in [0.25, 0.3) is 0 Å². The summed E-state index contributed by atoms with van der Waals surface area (Å²) < 4.78 is 36.0. The summed E-state index contributed by atoms with van der Waals surface area (Å²) in [6, 6.07) is 5.33. The number of aliphatic hydroxyl groups is 1. The fourth-order valence-electron chi connectivity index (χ4n) is 1.46. The van der Waals surface area contributed by atoms with Crippen molar-refractivity contribution < 1.29 is 23.1 Å². The van der Waals surface area contributed by atoms with E-state index in [0.717, 1.165) is 11.1 Å². The van der Waals surface area contributed by atoms with Gasteiger partial charge in [0.15, 0.2) is 6.10 Å². The van der Waals surface area contributed by atoms with Crippen LogP contribution in [0.4, 0.5) is 13.2 Å². The number of amides is 1. The number of carbonyl (C=O) groups is 1. The average Bonchev–Trinajstić information content (AvgIpc) is 2.36. The number of hydrogen-bond donors (Lipinski definition) is 2. The smallest absolute Gasteiger partial charge is 0.382 e. The Bertz CT molecular complexity index is 477. The van der Waals surface area contributed by atoms with E-state index < -0.39 is 24.7 Å². The minimum atomic E-state index is -4.72. The lowest BCUT2D eigenvalue weighted by atomic mass is 10.1. The van der Waals surface area contributed by atoms with Crippen LogP contribution in [0.3, 0.4) is 0 Å². The molecule has 3 nitrogen and oxygen atoms in total. The topological polar surface area (TPSA) is 49.3 Å². The van der Waals surface area contributed by atoms with Gasteiger partial charge in [0.2, 0.25) is 5.91 Å². The van der Waals surface area contributed by atoms with Gasteiger partial charge in [0.05, 0.1) is 6.54 Å². The number of halogens is 4. The number of aryl methyl sites for hydroxylation is 2. The first kappa shape index (κ1) is 16.8. The third-order valence-electron chi connectivity index (χ3n) is 2.75. The van der Waals surface area contributed by atoms with Gasteiger partial charge in [-0.25, -0.2) is 0 Å². The van der Waals surface area contributed by atoms with E-state index in [1.807, 2.05) is 18.3 Å². The van der Waals surface area contributed by atoms with E-state index >= 15 is 0 Å². The molecule has 1 aromatic rings. The molecule has 1 amide bonds. The molecule has 0 heterocycles. The van der Waals surface area contributed by atoms with E-state index in [-0.39, 0.29) is 6.42 Å². The predicted octanol–water partition coefficient (Wildman–Crippen LogP) is 2.62. The van der Waals surface area contributed by atoms with E-state index in [1.165, 1.54) is 0 Å². The lowest BCUT2D eigenvalue weighted by molar-refractivity contribution is -0.201. The number of hydrogen-bond acceptors (Lipinski definition) is 2. The molecule has 2 N–H and O–H groups in total. The lowest BCUT2D eigenvalue weighted by Gasteiger charge is -2.15. The van der Waals surface area contributed by atoms with Gasteiger partial charge in [-0.05, 0) is 30.5 Å². The lowest BCUT2D eigenvalue weighted by Crippen LogP contribution is -2.40. The molecule has 20 heavy (non-hydrogen) atoms. The molecule has 0 saturated heterocycles. The summed E-state index contributed by atoms with van der Waals surface area (Å²) in [5.74, 6) is -0.551. The maximum atomic E-state index is 12.0. The minimum Gasteiger partial charge on any atom is -0.382 e. The molecule has 0 aliphatic heterocycles. The first-order chi connectivity index (χ1) is 9.20. The van der Waals surface area contributed by atoms with Crippen LogP contribution in [0.15, 0.2) is 18.2 Å². The Morgan fingerprint density at radius 3 is 2.65 bits per heavy atom. The number of benzene rings is 1. The quantitative estimate of drug-likeness (QED) is 0.878. The van der Waals surface area contributed by atoms with Crippen LogP contribution in [0.1, 0.15) is 17.5 Å². The Kier molecular flexibility index (Phi) is 5.83. The highest BCUT2D eigenvalue weighted by Crippen LogP contribution is 2.19. The third-order valence-corrected chi connectivity index (χ3v) is 3.15. The van der Waals surface area contributed by atoms with E-state index in [0.29, 0.717) is 11.4 Å². The summed E-state index contributed by atoms with van der Waals surface area (Å²) in [4.78, 5) is 11.4. The van der Waals surface area contributed by atoms with Crippen LogP contribution in [-0.2, 0) is 11.2 Å². The molecule has 0 aliphatic rings. The molecule has 0 fully saturated rings. The zero-order valence-corrected chi connectivity index (χ0v) is 11.6. The number of aliphatic hydroxyl groups excluding tert-OH is 1. The number of rotatable bonds is 5. The summed E-state index contributed by atoms with van der Waals surface area (Å²) in [5.41, 5.74) is 1.74. The normalized spacial score (nSPS) is 13.1. The highest BCUT2D eigenvalue weighted by molar-refractivity contribution is 6.31. The Labute approximate surface area is 119 Å². The molecular weight excluding hydrogens is 295 g/mol. The van der Waals surface area contributed by atoms with Gasteiger partial charge in [0.1, 0.15) is 0 Å². The molecule has 0 radical (unpaired) electrons. The van der Waals surface area contributed by atoms with Gasteiger partial charge in [-0.3, -0.25) is 4.79 Å². The van der Waals surface area contributed by atoms with Gasteiger partial charge in [-0.1, -0.05) is 23.7 Å². The fourth-order valence-corrected chi connectivity index (χ4v) is 1.67. The summed E-state index contributed by atoms with van der Waals surface area (Å²) in [5, 5.41) is 11.4. The molecule has 0 saturated carbocycles. The summed E-state index contributed by atoms with van der Waals surface area (Å²) in [7, 11) is 0. The maximum absolute atomic E-state index is 12.0. The van der Waals surface area contributed by atoms with Gasteiger partial charge in [0.25, 0.3) is 0 Å². The van der Waals surface area contributed by atoms with Gasteiger partial charge in [-0.15, -0.1) is 0 Å². The van der Waals surface area contributed by atoms with Crippen molar-refractivity contribution in [1.29, 1.82) is 0 Å².